The van der Waals surface area contributed by atoms with E-state index in [0.717, 1.165) is 18.6 Å². The standard InChI is InChI=1S/C9H13N3OS/c10-9-12-6-2-1-5-7(8(6)14-9)13-4-3-11-5/h3-6,9,11-12H,1-2,10H2. The first kappa shape index (κ1) is 8.64. The topological polar surface area (TPSA) is 59.3 Å². The van der Waals surface area contributed by atoms with Crippen LogP contribution in [0.3, 0.4) is 0 Å². The summed E-state index contributed by atoms with van der Waals surface area (Å²) < 4.78 is 5.56. The number of thioether (sulfide) groups is 1. The zero-order chi connectivity index (χ0) is 9.54. The van der Waals surface area contributed by atoms with Gasteiger partial charge in [-0.15, -0.1) is 0 Å². The van der Waals surface area contributed by atoms with Crippen LogP contribution in [0.5, 0.6) is 0 Å². The second kappa shape index (κ2) is 3.18. The Hall–Kier alpha value is -0.650. The molecule has 0 aromatic heterocycles. The maximum atomic E-state index is 5.84. The smallest absolute Gasteiger partial charge is 0.137 e. The van der Waals surface area contributed by atoms with Crippen molar-refractivity contribution in [2.45, 2.75) is 30.4 Å². The average Bonchev–Trinajstić information content (AvgIpc) is 2.59. The monoisotopic (exact) mass is 211 g/mol. The molecular formula is C9H13N3OS. The lowest BCUT2D eigenvalue weighted by Gasteiger charge is -2.31. The molecule has 3 rings (SSSR count). The second-order valence-electron chi connectivity index (χ2n) is 3.70. The molecule has 5 heteroatoms. The van der Waals surface area contributed by atoms with E-state index < -0.39 is 0 Å². The Kier molecular flexibility index (Phi) is 1.97. The molecule has 0 amide bonds. The van der Waals surface area contributed by atoms with Crippen molar-refractivity contribution >= 4 is 11.8 Å². The Morgan fingerprint density at radius 1 is 1.43 bits per heavy atom. The molecule has 4 nitrogen and oxygen atoms in total. The number of nitrogens with one attached hydrogen (secondary N) is 2. The summed E-state index contributed by atoms with van der Waals surface area (Å²) in [4.78, 5) is 1.28. The van der Waals surface area contributed by atoms with E-state index in [1.807, 2.05) is 6.20 Å². The molecule has 2 aliphatic heterocycles. The largest absolute Gasteiger partial charge is 0.465 e. The molecular weight excluding hydrogens is 198 g/mol. The first-order valence-corrected chi connectivity index (χ1v) is 5.72. The van der Waals surface area contributed by atoms with E-state index in [1.54, 1.807) is 18.0 Å². The van der Waals surface area contributed by atoms with Crippen LogP contribution < -0.4 is 16.4 Å². The van der Waals surface area contributed by atoms with Gasteiger partial charge in [0.1, 0.15) is 17.5 Å². The fourth-order valence-electron chi connectivity index (χ4n) is 2.17. The van der Waals surface area contributed by atoms with Crippen LogP contribution in [-0.4, -0.2) is 17.6 Å². The van der Waals surface area contributed by atoms with E-state index in [1.165, 1.54) is 4.91 Å². The fourth-order valence-corrected chi connectivity index (χ4v) is 3.33. The summed E-state index contributed by atoms with van der Waals surface area (Å²) in [7, 11) is 0. The minimum atomic E-state index is 0.0238. The number of hydrogen-bond acceptors (Lipinski definition) is 5. The molecule has 3 aliphatic rings. The lowest BCUT2D eigenvalue weighted by atomic mass is 9.96. The summed E-state index contributed by atoms with van der Waals surface area (Å²) in [6.07, 6.45) is 5.80. The summed E-state index contributed by atoms with van der Waals surface area (Å²) in [6.45, 7) is 0. The lowest BCUT2D eigenvalue weighted by Crippen LogP contribution is -2.41. The van der Waals surface area contributed by atoms with Gasteiger partial charge in [-0.2, -0.15) is 0 Å². The van der Waals surface area contributed by atoms with Gasteiger partial charge in [-0.3, -0.25) is 5.32 Å². The molecule has 4 N–H and O–H groups in total. The molecule has 76 valence electrons. The Bertz CT molecular complexity index is 315. The summed E-state index contributed by atoms with van der Waals surface area (Å²) in [6, 6.07) is 0.764. The molecule has 0 aromatic rings. The van der Waals surface area contributed by atoms with Crippen LogP contribution in [0.4, 0.5) is 0 Å². The number of ether oxygens (including phenoxy) is 1. The van der Waals surface area contributed by atoms with Crippen LogP contribution in [0.15, 0.2) is 23.1 Å². The van der Waals surface area contributed by atoms with Crippen molar-refractivity contribution in [1.29, 1.82) is 0 Å². The van der Waals surface area contributed by atoms with Crippen LogP contribution in [0, 0.1) is 0 Å². The first-order chi connectivity index (χ1) is 6.84. The number of hydrogen-bond donors (Lipinski definition) is 3. The molecule has 0 bridgehead atoms. The highest BCUT2D eigenvalue weighted by Crippen LogP contribution is 2.40. The second-order valence-corrected chi connectivity index (χ2v) is 4.89. The van der Waals surface area contributed by atoms with Gasteiger partial charge >= 0.3 is 0 Å². The molecule has 1 saturated heterocycles. The molecule has 3 atom stereocenters. The predicted octanol–water partition coefficient (Wildman–Crippen LogP) is 0.399. The predicted molar refractivity (Wildman–Crippen MR) is 55.9 cm³/mol. The lowest BCUT2D eigenvalue weighted by molar-refractivity contribution is 0.255. The molecule has 3 unspecified atom stereocenters. The van der Waals surface area contributed by atoms with Crippen molar-refractivity contribution in [3.63, 3.8) is 0 Å². The third-order valence-electron chi connectivity index (χ3n) is 2.80. The third kappa shape index (κ3) is 1.24. The van der Waals surface area contributed by atoms with Crippen molar-refractivity contribution < 1.29 is 4.74 Å². The van der Waals surface area contributed by atoms with Crippen molar-refractivity contribution in [3.05, 3.63) is 23.1 Å². The van der Waals surface area contributed by atoms with Gasteiger partial charge in [-0.25, -0.2) is 0 Å². The van der Waals surface area contributed by atoms with Crippen LogP contribution in [0.1, 0.15) is 12.8 Å². The average molecular weight is 211 g/mol. The summed E-state index contributed by atoms with van der Waals surface area (Å²) in [5, 5.41) is 6.64. The fraction of sp³-hybridized carbons (Fsp3) is 0.556. The zero-order valence-electron chi connectivity index (χ0n) is 7.69. The van der Waals surface area contributed by atoms with Crippen molar-refractivity contribution in [2.24, 2.45) is 5.73 Å². The molecule has 2 heterocycles. The number of rotatable bonds is 0. The Labute approximate surface area is 86.9 Å². The van der Waals surface area contributed by atoms with Gasteiger partial charge in [0.15, 0.2) is 0 Å². The molecule has 0 aromatic carbocycles. The molecule has 0 spiro atoms. The van der Waals surface area contributed by atoms with Gasteiger partial charge < -0.3 is 15.8 Å². The quantitative estimate of drug-likeness (QED) is 0.541. The van der Waals surface area contributed by atoms with Crippen LogP contribution >= 0.6 is 11.8 Å². The third-order valence-corrected chi connectivity index (χ3v) is 3.93. The minimum absolute atomic E-state index is 0.0238. The highest BCUT2D eigenvalue weighted by molar-refractivity contribution is 8.03. The van der Waals surface area contributed by atoms with E-state index >= 15 is 0 Å². The number of nitrogens with two attached hydrogens (primary N) is 1. The van der Waals surface area contributed by atoms with Gasteiger partial charge in [-0.05, 0) is 12.8 Å². The normalized spacial score (nSPS) is 39.9. The van der Waals surface area contributed by atoms with E-state index in [0.29, 0.717) is 12.1 Å². The van der Waals surface area contributed by atoms with Gasteiger partial charge in [0, 0.05) is 17.1 Å². The highest BCUT2D eigenvalue weighted by atomic mass is 32.2. The van der Waals surface area contributed by atoms with E-state index in [2.05, 4.69) is 10.6 Å². The molecule has 14 heavy (non-hydrogen) atoms. The number of fused-ring (bicyclic) bond motifs is 2. The molecule has 1 aliphatic carbocycles. The molecule has 0 saturated carbocycles. The van der Waals surface area contributed by atoms with Gasteiger partial charge in [0.05, 0.1) is 6.04 Å². The van der Waals surface area contributed by atoms with E-state index in [9.17, 15) is 0 Å². The Morgan fingerprint density at radius 3 is 3.21 bits per heavy atom. The highest BCUT2D eigenvalue weighted by Gasteiger charge is 2.37. The van der Waals surface area contributed by atoms with Crippen LogP contribution in [0.25, 0.3) is 0 Å². The minimum Gasteiger partial charge on any atom is -0.465 e. The van der Waals surface area contributed by atoms with Crippen molar-refractivity contribution in [1.82, 2.24) is 10.6 Å². The van der Waals surface area contributed by atoms with Gasteiger partial charge in [0.25, 0.3) is 0 Å². The maximum Gasteiger partial charge on any atom is 0.137 e. The van der Waals surface area contributed by atoms with Crippen LogP contribution in [0.2, 0.25) is 0 Å². The van der Waals surface area contributed by atoms with E-state index in [4.69, 9.17) is 10.5 Å². The summed E-state index contributed by atoms with van der Waals surface area (Å²) in [5.74, 6) is 1.06. The summed E-state index contributed by atoms with van der Waals surface area (Å²) in [5.41, 5.74) is 5.86. The van der Waals surface area contributed by atoms with Crippen LogP contribution in [-0.2, 0) is 4.74 Å². The molecule has 0 radical (unpaired) electrons. The SMILES string of the molecule is NC1NC2CCC3NC=COC3=C2S1. The first-order valence-electron chi connectivity index (χ1n) is 4.84. The maximum absolute atomic E-state index is 5.84. The Morgan fingerprint density at radius 2 is 2.29 bits per heavy atom. The zero-order valence-corrected chi connectivity index (χ0v) is 8.51. The van der Waals surface area contributed by atoms with Crippen molar-refractivity contribution in [2.75, 3.05) is 0 Å². The molecule has 1 fully saturated rings. The van der Waals surface area contributed by atoms with Crippen molar-refractivity contribution in [3.8, 4) is 0 Å². The van der Waals surface area contributed by atoms with Gasteiger partial charge in [0.2, 0.25) is 0 Å². The summed E-state index contributed by atoms with van der Waals surface area (Å²) >= 11 is 1.68. The van der Waals surface area contributed by atoms with Gasteiger partial charge in [-0.1, -0.05) is 11.8 Å². The van der Waals surface area contributed by atoms with E-state index in [-0.39, 0.29) is 5.50 Å². The Balaban J connectivity index is 1.97.